The summed E-state index contributed by atoms with van der Waals surface area (Å²) in [5.41, 5.74) is 0. The molecule has 2 aliphatic rings. The van der Waals surface area contributed by atoms with Gasteiger partial charge in [-0.2, -0.15) is 0 Å². The fourth-order valence-corrected chi connectivity index (χ4v) is 3.19. The predicted molar refractivity (Wildman–Crippen MR) is 62.2 cm³/mol. The van der Waals surface area contributed by atoms with E-state index in [0.29, 0.717) is 12.5 Å². The molecule has 2 nitrogen and oxygen atoms in total. The summed E-state index contributed by atoms with van der Waals surface area (Å²) < 4.78 is 1.31. The van der Waals surface area contributed by atoms with Gasteiger partial charge in [-0.1, -0.05) is 22.6 Å². The summed E-state index contributed by atoms with van der Waals surface area (Å²) in [4.78, 5) is 2.63. The van der Waals surface area contributed by atoms with Crippen molar-refractivity contribution in [1.82, 2.24) is 4.90 Å². The highest BCUT2D eigenvalue weighted by atomic mass is 127. The predicted octanol–water partition coefficient (Wildman–Crippen LogP) is 1.51. The van der Waals surface area contributed by atoms with E-state index in [-0.39, 0.29) is 0 Å². The Morgan fingerprint density at radius 3 is 2.62 bits per heavy atom. The van der Waals surface area contributed by atoms with Crippen LogP contribution < -0.4 is 0 Å². The monoisotopic (exact) mass is 295 g/mol. The minimum atomic E-state index is 0.403. The van der Waals surface area contributed by atoms with Crippen LogP contribution in [0.1, 0.15) is 19.3 Å². The molecule has 1 aliphatic carbocycles. The number of hydrogen-bond donors (Lipinski definition) is 1. The normalized spacial score (nSPS) is 40.6. The van der Waals surface area contributed by atoms with Crippen molar-refractivity contribution in [3.8, 4) is 0 Å². The molecule has 0 aromatic carbocycles. The Balaban J connectivity index is 1.72. The highest BCUT2D eigenvalue weighted by Crippen LogP contribution is 2.34. The number of aliphatic hydroxyl groups is 1. The first-order valence-corrected chi connectivity index (χ1v) is 6.77. The van der Waals surface area contributed by atoms with Crippen molar-refractivity contribution in [2.75, 3.05) is 24.1 Å². The number of aliphatic hydroxyl groups excluding tert-OH is 1. The number of likely N-dealkylation sites (tertiary alicyclic amines) is 1. The van der Waals surface area contributed by atoms with Gasteiger partial charge in [-0.15, -0.1) is 0 Å². The van der Waals surface area contributed by atoms with Crippen LogP contribution in [0.15, 0.2) is 0 Å². The molecule has 0 amide bonds. The third-order valence-electron chi connectivity index (χ3n) is 3.52. The lowest BCUT2D eigenvalue weighted by molar-refractivity contribution is 0.0579. The van der Waals surface area contributed by atoms with Gasteiger partial charge in [0.1, 0.15) is 0 Å². The van der Waals surface area contributed by atoms with Crippen LogP contribution in [0.2, 0.25) is 0 Å². The molecule has 1 aliphatic heterocycles. The maximum absolute atomic E-state index is 8.93. The summed E-state index contributed by atoms with van der Waals surface area (Å²) in [5, 5.41) is 8.93. The maximum atomic E-state index is 8.93. The molecule has 0 aromatic heterocycles. The summed E-state index contributed by atoms with van der Waals surface area (Å²) in [6, 6.07) is 0.810. The van der Waals surface area contributed by atoms with Crippen LogP contribution in [-0.2, 0) is 0 Å². The first-order valence-electron chi connectivity index (χ1n) is 5.24. The van der Waals surface area contributed by atoms with E-state index in [0.717, 1.165) is 12.0 Å². The Morgan fingerprint density at radius 1 is 1.31 bits per heavy atom. The standard InChI is InChI=1S/C10H18INO/c11-5-8-1-2-12(6-8)10-3-9(4-10)7-13/h8-10,13H,1-7H2/t8-,9?,10?/m0/s1. The summed E-state index contributed by atoms with van der Waals surface area (Å²) >= 11 is 2.50. The largest absolute Gasteiger partial charge is 0.396 e. The number of rotatable bonds is 3. The Morgan fingerprint density at radius 2 is 2.08 bits per heavy atom. The number of halogens is 1. The van der Waals surface area contributed by atoms with Gasteiger partial charge >= 0.3 is 0 Å². The number of alkyl halides is 1. The molecule has 0 spiro atoms. The molecule has 1 saturated carbocycles. The number of hydrogen-bond acceptors (Lipinski definition) is 2. The zero-order valence-electron chi connectivity index (χ0n) is 7.95. The molecule has 1 N–H and O–H groups in total. The van der Waals surface area contributed by atoms with E-state index in [4.69, 9.17) is 5.11 Å². The molecule has 0 bridgehead atoms. The lowest BCUT2D eigenvalue weighted by atomic mass is 9.80. The van der Waals surface area contributed by atoms with Crippen LogP contribution in [0.25, 0.3) is 0 Å². The van der Waals surface area contributed by atoms with Crippen LogP contribution in [-0.4, -0.2) is 40.2 Å². The van der Waals surface area contributed by atoms with Crippen molar-refractivity contribution in [3.05, 3.63) is 0 Å². The van der Waals surface area contributed by atoms with E-state index >= 15 is 0 Å². The molecular formula is C10H18INO. The van der Waals surface area contributed by atoms with Crippen molar-refractivity contribution in [1.29, 1.82) is 0 Å². The molecule has 0 unspecified atom stereocenters. The van der Waals surface area contributed by atoms with Crippen LogP contribution in [0.5, 0.6) is 0 Å². The van der Waals surface area contributed by atoms with Gasteiger partial charge in [0.2, 0.25) is 0 Å². The van der Waals surface area contributed by atoms with Crippen molar-refractivity contribution >= 4 is 22.6 Å². The van der Waals surface area contributed by atoms with E-state index in [1.165, 1.54) is 36.8 Å². The molecule has 0 radical (unpaired) electrons. The third-order valence-corrected chi connectivity index (χ3v) is 4.77. The molecule has 2 rings (SSSR count). The van der Waals surface area contributed by atoms with Gasteiger partial charge in [-0.3, -0.25) is 0 Å². The fourth-order valence-electron chi connectivity index (χ4n) is 2.47. The SMILES string of the molecule is OCC1CC(N2CC[C@@H](CI)C2)C1. The molecule has 76 valence electrons. The van der Waals surface area contributed by atoms with Gasteiger partial charge in [-0.05, 0) is 37.6 Å². The second-order valence-corrected chi connectivity index (χ2v) is 5.36. The first-order chi connectivity index (χ1) is 6.33. The van der Waals surface area contributed by atoms with Crippen LogP contribution in [0, 0.1) is 11.8 Å². The summed E-state index contributed by atoms with van der Waals surface area (Å²) in [5.74, 6) is 1.55. The highest BCUT2D eigenvalue weighted by Gasteiger charge is 2.36. The van der Waals surface area contributed by atoms with Crippen LogP contribution >= 0.6 is 22.6 Å². The number of nitrogens with zero attached hydrogens (tertiary/aromatic N) is 1. The molecule has 2 fully saturated rings. The third kappa shape index (κ3) is 2.18. The van der Waals surface area contributed by atoms with Crippen LogP contribution in [0.3, 0.4) is 0 Å². The lowest BCUT2D eigenvalue weighted by Gasteiger charge is -2.40. The van der Waals surface area contributed by atoms with E-state index < -0.39 is 0 Å². The van der Waals surface area contributed by atoms with E-state index in [9.17, 15) is 0 Å². The van der Waals surface area contributed by atoms with Gasteiger partial charge in [0.05, 0.1) is 0 Å². The molecule has 3 heteroatoms. The van der Waals surface area contributed by atoms with Gasteiger partial charge in [0.15, 0.2) is 0 Å². The van der Waals surface area contributed by atoms with Gasteiger partial charge < -0.3 is 10.0 Å². The highest BCUT2D eigenvalue weighted by molar-refractivity contribution is 14.1. The quantitative estimate of drug-likeness (QED) is 0.630. The topological polar surface area (TPSA) is 23.5 Å². The maximum Gasteiger partial charge on any atom is 0.0460 e. The zero-order chi connectivity index (χ0) is 9.26. The smallest absolute Gasteiger partial charge is 0.0460 e. The average molecular weight is 295 g/mol. The summed E-state index contributed by atoms with van der Waals surface area (Å²) in [7, 11) is 0. The van der Waals surface area contributed by atoms with Gasteiger partial charge in [-0.25, -0.2) is 0 Å². The van der Waals surface area contributed by atoms with Crippen LogP contribution in [0.4, 0.5) is 0 Å². The molecule has 1 saturated heterocycles. The van der Waals surface area contributed by atoms with E-state index in [2.05, 4.69) is 27.5 Å². The van der Waals surface area contributed by atoms with Crippen molar-refractivity contribution in [3.63, 3.8) is 0 Å². The molecule has 0 aromatic rings. The zero-order valence-corrected chi connectivity index (χ0v) is 10.1. The summed E-state index contributed by atoms with van der Waals surface area (Å²) in [6.45, 7) is 3.02. The first kappa shape index (κ1) is 10.2. The average Bonchev–Trinajstić information content (AvgIpc) is 2.51. The molecule has 1 heterocycles. The van der Waals surface area contributed by atoms with Crippen molar-refractivity contribution < 1.29 is 5.11 Å². The molecular weight excluding hydrogens is 277 g/mol. The minimum Gasteiger partial charge on any atom is -0.396 e. The van der Waals surface area contributed by atoms with Crippen molar-refractivity contribution in [2.45, 2.75) is 25.3 Å². The van der Waals surface area contributed by atoms with Gasteiger partial charge in [0.25, 0.3) is 0 Å². The Bertz CT molecular complexity index is 170. The van der Waals surface area contributed by atoms with Gasteiger partial charge in [0, 0.05) is 23.6 Å². The second-order valence-electron chi connectivity index (χ2n) is 4.48. The Hall–Kier alpha value is 0.650. The second kappa shape index (κ2) is 4.45. The Labute approximate surface area is 93.8 Å². The van der Waals surface area contributed by atoms with E-state index in [1.54, 1.807) is 0 Å². The molecule has 13 heavy (non-hydrogen) atoms. The van der Waals surface area contributed by atoms with Crippen molar-refractivity contribution in [2.24, 2.45) is 11.8 Å². The van der Waals surface area contributed by atoms with E-state index in [1.807, 2.05) is 0 Å². The lowest BCUT2D eigenvalue weighted by Crippen LogP contribution is -2.44. The summed E-state index contributed by atoms with van der Waals surface area (Å²) in [6.07, 6.45) is 3.87. The Kier molecular flexibility index (Phi) is 3.48. The molecule has 1 atom stereocenters. The fraction of sp³-hybridized carbons (Fsp3) is 1.00. The minimum absolute atomic E-state index is 0.403.